The topological polar surface area (TPSA) is 95.5 Å². The Morgan fingerprint density at radius 1 is 0.909 bits per heavy atom. The minimum Gasteiger partial charge on any atom is -0.481 e. The van der Waals surface area contributed by atoms with Gasteiger partial charge in [0.1, 0.15) is 0 Å². The van der Waals surface area contributed by atoms with E-state index in [1.165, 1.54) is 17.3 Å². The molecule has 0 fully saturated rings. The summed E-state index contributed by atoms with van der Waals surface area (Å²) in [6.45, 7) is 6.08. The molecule has 6 nitrogen and oxygen atoms in total. The van der Waals surface area contributed by atoms with Gasteiger partial charge in [-0.1, -0.05) is 44.2 Å². The number of anilines is 2. The fourth-order valence-corrected chi connectivity index (χ4v) is 4.64. The highest BCUT2D eigenvalue weighted by atomic mass is 32.2. The Kier molecular flexibility index (Phi) is 8.33. The van der Waals surface area contributed by atoms with Crippen molar-refractivity contribution in [3.63, 3.8) is 0 Å². The normalized spacial score (nSPS) is 18.5. The van der Waals surface area contributed by atoms with Gasteiger partial charge in [0.05, 0.1) is 17.1 Å². The molecule has 3 atom stereocenters. The third kappa shape index (κ3) is 6.71. The molecule has 0 spiro atoms. The van der Waals surface area contributed by atoms with E-state index in [4.69, 9.17) is 0 Å². The molecule has 0 aliphatic heterocycles. The van der Waals surface area contributed by atoms with Crippen LogP contribution < -0.4 is 10.6 Å². The van der Waals surface area contributed by atoms with Crippen LogP contribution in [0.15, 0.2) is 65.6 Å². The van der Waals surface area contributed by atoms with Crippen LogP contribution in [-0.4, -0.2) is 28.1 Å². The predicted molar refractivity (Wildman–Crippen MR) is 133 cm³/mol. The van der Waals surface area contributed by atoms with E-state index in [0.717, 1.165) is 10.6 Å². The van der Waals surface area contributed by atoms with Crippen molar-refractivity contribution in [1.82, 2.24) is 0 Å². The molecule has 7 heteroatoms. The molecule has 3 N–H and O–H groups in total. The molecular formula is C26H30N2O4S. The summed E-state index contributed by atoms with van der Waals surface area (Å²) >= 11 is 1.39. The summed E-state index contributed by atoms with van der Waals surface area (Å²) in [6, 6.07) is 15.1. The lowest BCUT2D eigenvalue weighted by atomic mass is 9.82. The van der Waals surface area contributed by atoms with Crippen LogP contribution in [0.2, 0.25) is 0 Å². The summed E-state index contributed by atoms with van der Waals surface area (Å²) in [4.78, 5) is 37.7. The number of thioether (sulfide) groups is 1. The number of rotatable bonds is 8. The molecule has 2 aromatic carbocycles. The SMILES string of the molecule is CC(Sc1cccc(NC(=O)C2CC=CCC2C(=O)O)c1)C(=O)Nc1ccc(C(C)C)cc1. The zero-order valence-electron chi connectivity index (χ0n) is 19.1. The third-order valence-corrected chi connectivity index (χ3v) is 6.81. The Labute approximate surface area is 198 Å². The van der Waals surface area contributed by atoms with Crippen LogP contribution in [-0.2, 0) is 14.4 Å². The molecule has 1 aliphatic carbocycles. The van der Waals surface area contributed by atoms with Gasteiger partial charge in [0.15, 0.2) is 0 Å². The highest BCUT2D eigenvalue weighted by molar-refractivity contribution is 8.00. The maximum absolute atomic E-state index is 12.7. The van der Waals surface area contributed by atoms with Crippen molar-refractivity contribution in [3.8, 4) is 0 Å². The van der Waals surface area contributed by atoms with Crippen molar-refractivity contribution in [2.75, 3.05) is 10.6 Å². The average molecular weight is 467 g/mol. The molecule has 0 heterocycles. The molecule has 0 saturated heterocycles. The second kappa shape index (κ2) is 11.2. The number of aliphatic carboxylic acids is 1. The van der Waals surface area contributed by atoms with E-state index in [0.29, 0.717) is 24.4 Å². The largest absolute Gasteiger partial charge is 0.481 e. The van der Waals surface area contributed by atoms with Gasteiger partial charge in [0, 0.05) is 16.3 Å². The Balaban J connectivity index is 1.59. The number of carbonyl (C=O) groups excluding carboxylic acids is 2. The lowest BCUT2D eigenvalue weighted by Crippen LogP contribution is -2.34. The highest BCUT2D eigenvalue weighted by Crippen LogP contribution is 2.30. The Morgan fingerprint density at radius 3 is 2.21 bits per heavy atom. The van der Waals surface area contributed by atoms with Gasteiger partial charge in [-0.2, -0.15) is 0 Å². The van der Waals surface area contributed by atoms with Crippen LogP contribution in [0.25, 0.3) is 0 Å². The van der Waals surface area contributed by atoms with Crippen LogP contribution in [0.3, 0.4) is 0 Å². The maximum atomic E-state index is 12.7. The van der Waals surface area contributed by atoms with Gasteiger partial charge in [-0.25, -0.2) is 0 Å². The number of benzene rings is 2. The van der Waals surface area contributed by atoms with Gasteiger partial charge in [-0.3, -0.25) is 14.4 Å². The lowest BCUT2D eigenvalue weighted by Gasteiger charge is -2.24. The van der Waals surface area contributed by atoms with Crippen molar-refractivity contribution < 1.29 is 19.5 Å². The van der Waals surface area contributed by atoms with E-state index < -0.39 is 17.8 Å². The number of carboxylic acids is 1. The maximum Gasteiger partial charge on any atom is 0.307 e. The molecule has 2 amide bonds. The van der Waals surface area contributed by atoms with Gasteiger partial charge >= 0.3 is 5.97 Å². The first-order valence-electron chi connectivity index (χ1n) is 11.1. The van der Waals surface area contributed by atoms with Crippen LogP contribution in [0, 0.1) is 11.8 Å². The lowest BCUT2D eigenvalue weighted by molar-refractivity contribution is -0.146. The molecule has 3 unspecified atom stereocenters. The molecule has 0 bridgehead atoms. The first-order chi connectivity index (χ1) is 15.7. The van der Waals surface area contributed by atoms with E-state index in [-0.39, 0.29) is 17.1 Å². The van der Waals surface area contributed by atoms with Crippen LogP contribution in [0.5, 0.6) is 0 Å². The van der Waals surface area contributed by atoms with Crippen molar-refractivity contribution in [3.05, 3.63) is 66.2 Å². The van der Waals surface area contributed by atoms with Gasteiger partial charge in [-0.15, -0.1) is 11.8 Å². The number of carbonyl (C=O) groups is 3. The summed E-state index contributed by atoms with van der Waals surface area (Å²) < 4.78 is 0. The Bertz CT molecular complexity index is 1030. The van der Waals surface area contributed by atoms with Gasteiger partial charge in [0.2, 0.25) is 11.8 Å². The molecule has 0 saturated carbocycles. The molecule has 2 aromatic rings. The van der Waals surface area contributed by atoms with E-state index >= 15 is 0 Å². The average Bonchev–Trinajstić information content (AvgIpc) is 2.79. The molecular weight excluding hydrogens is 436 g/mol. The molecule has 0 aromatic heterocycles. The van der Waals surface area contributed by atoms with Gasteiger partial charge < -0.3 is 15.7 Å². The molecule has 0 radical (unpaired) electrons. The number of nitrogens with one attached hydrogen (secondary N) is 2. The van der Waals surface area contributed by atoms with Crippen LogP contribution >= 0.6 is 11.8 Å². The zero-order valence-corrected chi connectivity index (χ0v) is 19.9. The molecule has 33 heavy (non-hydrogen) atoms. The standard InChI is InChI=1S/C26H30N2O4S/c1-16(2)18-11-13-19(14-12-18)27-24(29)17(3)33-21-8-6-7-20(15-21)28-25(30)22-9-4-5-10-23(22)26(31)32/h4-8,11-17,22-23H,9-10H2,1-3H3,(H,27,29)(H,28,30)(H,31,32). The number of hydrogen-bond donors (Lipinski definition) is 3. The smallest absolute Gasteiger partial charge is 0.307 e. The number of carboxylic acid groups (broad SMARTS) is 1. The first-order valence-corrected chi connectivity index (χ1v) is 12.0. The quantitative estimate of drug-likeness (QED) is 0.351. The van der Waals surface area contributed by atoms with E-state index in [1.807, 2.05) is 55.5 Å². The summed E-state index contributed by atoms with van der Waals surface area (Å²) in [5, 5.41) is 14.8. The van der Waals surface area contributed by atoms with Crippen molar-refractivity contribution in [1.29, 1.82) is 0 Å². The van der Waals surface area contributed by atoms with Crippen LogP contribution in [0.4, 0.5) is 11.4 Å². The highest BCUT2D eigenvalue weighted by Gasteiger charge is 2.34. The summed E-state index contributed by atoms with van der Waals surface area (Å²) in [7, 11) is 0. The first kappa shape index (κ1) is 24.6. The predicted octanol–water partition coefficient (Wildman–Crippen LogP) is 5.53. The number of amides is 2. The van der Waals surface area contributed by atoms with Gasteiger partial charge in [-0.05, 0) is 61.6 Å². The fraction of sp³-hybridized carbons (Fsp3) is 0.346. The zero-order chi connectivity index (χ0) is 24.0. The summed E-state index contributed by atoms with van der Waals surface area (Å²) in [5.74, 6) is -2.25. The van der Waals surface area contributed by atoms with Crippen molar-refractivity contribution >= 4 is 40.9 Å². The summed E-state index contributed by atoms with van der Waals surface area (Å²) in [6.07, 6.45) is 4.43. The van der Waals surface area contributed by atoms with E-state index in [2.05, 4.69) is 24.5 Å². The van der Waals surface area contributed by atoms with Crippen molar-refractivity contribution in [2.45, 2.75) is 49.7 Å². The number of allylic oxidation sites excluding steroid dienone is 2. The molecule has 1 aliphatic rings. The molecule has 174 valence electrons. The fourth-order valence-electron chi connectivity index (χ4n) is 3.71. The van der Waals surface area contributed by atoms with Gasteiger partial charge in [0.25, 0.3) is 0 Å². The number of hydrogen-bond acceptors (Lipinski definition) is 4. The minimum absolute atomic E-state index is 0.106. The second-order valence-corrected chi connectivity index (χ2v) is 9.95. The summed E-state index contributed by atoms with van der Waals surface area (Å²) in [5.41, 5.74) is 2.56. The monoisotopic (exact) mass is 466 g/mol. The second-order valence-electron chi connectivity index (χ2n) is 8.54. The minimum atomic E-state index is -0.956. The van der Waals surface area contributed by atoms with E-state index in [9.17, 15) is 19.5 Å². The van der Waals surface area contributed by atoms with E-state index in [1.54, 1.807) is 12.1 Å². The third-order valence-electron chi connectivity index (χ3n) is 5.71. The Morgan fingerprint density at radius 2 is 1.58 bits per heavy atom. The Hall–Kier alpha value is -3.06. The molecule has 3 rings (SSSR count). The van der Waals surface area contributed by atoms with Crippen molar-refractivity contribution in [2.24, 2.45) is 11.8 Å². The van der Waals surface area contributed by atoms with Crippen LogP contribution in [0.1, 0.15) is 45.1 Å².